The molecule has 8 heteroatoms. The van der Waals surface area contributed by atoms with Gasteiger partial charge in [-0.3, -0.25) is 4.57 Å². The molecule has 0 amide bonds. The standard InChI is InChI=1S/C15H12ClN3O3S/c1-18(2)13-10-4-3-9(16)6-11(10)19(15(22)17-13)12-5-8(7-23-12)14(20)21/h3-7H,1-2H3,(H,20,21). The molecule has 0 saturated carbocycles. The summed E-state index contributed by atoms with van der Waals surface area (Å²) >= 11 is 7.24. The zero-order valence-electron chi connectivity index (χ0n) is 12.3. The van der Waals surface area contributed by atoms with E-state index in [0.717, 1.165) is 5.39 Å². The van der Waals surface area contributed by atoms with Gasteiger partial charge in [0.25, 0.3) is 0 Å². The van der Waals surface area contributed by atoms with E-state index in [1.54, 1.807) is 37.2 Å². The average molecular weight is 350 g/mol. The lowest BCUT2D eigenvalue weighted by molar-refractivity contribution is 0.0697. The largest absolute Gasteiger partial charge is 0.478 e. The van der Waals surface area contributed by atoms with E-state index in [2.05, 4.69) is 4.98 Å². The molecular formula is C15H12ClN3O3S. The number of hydrogen-bond acceptors (Lipinski definition) is 5. The molecule has 118 valence electrons. The van der Waals surface area contributed by atoms with Gasteiger partial charge in [0.2, 0.25) is 0 Å². The molecule has 23 heavy (non-hydrogen) atoms. The van der Waals surface area contributed by atoms with E-state index in [1.807, 2.05) is 0 Å². The molecule has 6 nitrogen and oxygen atoms in total. The van der Waals surface area contributed by atoms with E-state index in [9.17, 15) is 9.59 Å². The Kier molecular flexibility index (Phi) is 3.83. The van der Waals surface area contributed by atoms with Crippen LogP contribution < -0.4 is 10.6 Å². The second-order valence-electron chi connectivity index (χ2n) is 5.09. The minimum atomic E-state index is -1.04. The number of aromatic carboxylic acids is 1. The molecule has 0 saturated heterocycles. The van der Waals surface area contributed by atoms with Crippen LogP contribution in [0.4, 0.5) is 5.82 Å². The lowest BCUT2D eigenvalue weighted by Crippen LogP contribution is -2.25. The molecule has 1 aromatic carbocycles. The Morgan fingerprint density at radius 3 is 2.70 bits per heavy atom. The molecule has 0 aliphatic rings. The number of thiophene rings is 1. The summed E-state index contributed by atoms with van der Waals surface area (Å²) in [5.74, 6) is -0.506. The fourth-order valence-corrected chi connectivity index (χ4v) is 3.35. The lowest BCUT2D eigenvalue weighted by Gasteiger charge is -2.16. The molecule has 3 rings (SSSR count). The second kappa shape index (κ2) is 5.68. The van der Waals surface area contributed by atoms with Crippen molar-refractivity contribution in [2.24, 2.45) is 0 Å². The number of fused-ring (bicyclic) bond motifs is 1. The Labute approximate surface area is 140 Å². The van der Waals surface area contributed by atoms with Crippen LogP contribution in [0, 0.1) is 0 Å². The van der Waals surface area contributed by atoms with Gasteiger partial charge in [-0.15, -0.1) is 11.3 Å². The highest BCUT2D eigenvalue weighted by Crippen LogP contribution is 2.28. The summed E-state index contributed by atoms with van der Waals surface area (Å²) in [4.78, 5) is 29.4. The molecule has 1 N–H and O–H groups in total. The topological polar surface area (TPSA) is 75.4 Å². The van der Waals surface area contributed by atoms with Crippen LogP contribution in [0.3, 0.4) is 0 Å². The van der Waals surface area contributed by atoms with Gasteiger partial charge in [0.15, 0.2) is 0 Å². The first kappa shape index (κ1) is 15.5. The third kappa shape index (κ3) is 2.69. The number of benzene rings is 1. The highest BCUT2D eigenvalue weighted by atomic mass is 35.5. The third-order valence-corrected chi connectivity index (χ3v) is 4.46. The summed E-state index contributed by atoms with van der Waals surface area (Å²) in [7, 11) is 3.60. The van der Waals surface area contributed by atoms with Crippen LogP contribution in [-0.4, -0.2) is 34.7 Å². The van der Waals surface area contributed by atoms with E-state index in [4.69, 9.17) is 16.7 Å². The quantitative estimate of drug-likeness (QED) is 0.787. The van der Waals surface area contributed by atoms with E-state index in [-0.39, 0.29) is 5.56 Å². The Morgan fingerprint density at radius 1 is 1.35 bits per heavy atom. The summed E-state index contributed by atoms with van der Waals surface area (Å²) in [6.07, 6.45) is 0. The van der Waals surface area contributed by atoms with Crippen molar-refractivity contribution in [2.75, 3.05) is 19.0 Å². The first-order valence-corrected chi connectivity index (χ1v) is 7.86. The van der Waals surface area contributed by atoms with Crippen LogP contribution in [0.25, 0.3) is 15.9 Å². The maximum Gasteiger partial charge on any atom is 0.355 e. The Bertz CT molecular complexity index is 978. The van der Waals surface area contributed by atoms with Gasteiger partial charge in [-0.2, -0.15) is 4.98 Å². The van der Waals surface area contributed by atoms with E-state index in [1.165, 1.54) is 27.4 Å². The van der Waals surface area contributed by atoms with E-state index >= 15 is 0 Å². The minimum Gasteiger partial charge on any atom is -0.478 e. The van der Waals surface area contributed by atoms with E-state index < -0.39 is 11.7 Å². The number of carboxylic acids is 1. The van der Waals surface area contributed by atoms with Gasteiger partial charge in [0.05, 0.1) is 11.1 Å². The van der Waals surface area contributed by atoms with Crippen molar-refractivity contribution >= 4 is 45.6 Å². The van der Waals surface area contributed by atoms with Crippen LogP contribution >= 0.6 is 22.9 Å². The summed E-state index contributed by atoms with van der Waals surface area (Å²) in [6.45, 7) is 0. The van der Waals surface area contributed by atoms with Crippen molar-refractivity contribution in [3.8, 4) is 5.00 Å². The first-order valence-electron chi connectivity index (χ1n) is 6.60. The van der Waals surface area contributed by atoms with Gasteiger partial charge < -0.3 is 10.0 Å². The normalized spacial score (nSPS) is 10.9. The maximum absolute atomic E-state index is 12.5. The Morgan fingerprint density at radius 2 is 2.09 bits per heavy atom. The number of carboxylic acid groups (broad SMARTS) is 1. The van der Waals surface area contributed by atoms with Crippen LogP contribution in [0.15, 0.2) is 34.4 Å². The van der Waals surface area contributed by atoms with Gasteiger partial charge in [0, 0.05) is 29.9 Å². The molecule has 2 heterocycles. The zero-order valence-corrected chi connectivity index (χ0v) is 13.9. The van der Waals surface area contributed by atoms with Crippen LogP contribution in [0.1, 0.15) is 10.4 Å². The van der Waals surface area contributed by atoms with Crippen molar-refractivity contribution in [3.63, 3.8) is 0 Å². The molecule has 0 bridgehead atoms. The monoisotopic (exact) mass is 349 g/mol. The molecule has 2 aromatic heterocycles. The number of hydrogen-bond donors (Lipinski definition) is 1. The SMILES string of the molecule is CN(C)c1nc(=O)n(-c2cc(C(=O)O)cs2)c2cc(Cl)ccc12. The Hall–Kier alpha value is -2.38. The van der Waals surface area contributed by atoms with E-state index in [0.29, 0.717) is 21.4 Å². The molecule has 0 aliphatic carbocycles. The molecular weight excluding hydrogens is 338 g/mol. The van der Waals surface area contributed by atoms with Crippen molar-refractivity contribution in [1.82, 2.24) is 9.55 Å². The highest BCUT2D eigenvalue weighted by molar-refractivity contribution is 7.12. The zero-order chi connectivity index (χ0) is 16.7. The molecule has 0 radical (unpaired) electrons. The molecule has 0 atom stereocenters. The first-order chi connectivity index (χ1) is 10.9. The average Bonchev–Trinajstić information content (AvgIpc) is 2.95. The molecule has 0 aliphatic heterocycles. The predicted molar refractivity (Wildman–Crippen MR) is 91.5 cm³/mol. The van der Waals surface area contributed by atoms with Crippen LogP contribution in [0.2, 0.25) is 5.02 Å². The maximum atomic E-state index is 12.5. The van der Waals surface area contributed by atoms with Crippen LogP contribution in [0.5, 0.6) is 0 Å². The summed E-state index contributed by atoms with van der Waals surface area (Å²) < 4.78 is 1.38. The lowest BCUT2D eigenvalue weighted by atomic mass is 10.2. The minimum absolute atomic E-state index is 0.128. The smallest absolute Gasteiger partial charge is 0.355 e. The number of carbonyl (C=O) groups is 1. The molecule has 0 spiro atoms. The number of nitrogens with zero attached hydrogens (tertiary/aromatic N) is 3. The van der Waals surface area contributed by atoms with Crippen molar-refractivity contribution in [1.29, 1.82) is 0 Å². The number of halogens is 1. The molecule has 0 fully saturated rings. The van der Waals surface area contributed by atoms with Gasteiger partial charge >= 0.3 is 11.7 Å². The van der Waals surface area contributed by atoms with Gasteiger partial charge in [-0.25, -0.2) is 9.59 Å². The summed E-state index contributed by atoms with van der Waals surface area (Å²) in [5.41, 5.74) is 0.228. The van der Waals surface area contributed by atoms with Gasteiger partial charge in [-0.05, 0) is 24.3 Å². The van der Waals surface area contributed by atoms with Crippen molar-refractivity contribution in [3.05, 3.63) is 50.7 Å². The number of rotatable bonds is 3. The third-order valence-electron chi connectivity index (χ3n) is 3.31. The molecule has 0 unspecified atom stereocenters. The summed E-state index contributed by atoms with van der Waals surface area (Å²) in [6, 6.07) is 6.64. The van der Waals surface area contributed by atoms with Gasteiger partial charge in [0.1, 0.15) is 10.8 Å². The van der Waals surface area contributed by atoms with Crippen molar-refractivity contribution < 1.29 is 9.90 Å². The Balaban J connectivity index is 2.38. The highest BCUT2D eigenvalue weighted by Gasteiger charge is 2.16. The van der Waals surface area contributed by atoms with Crippen molar-refractivity contribution in [2.45, 2.75) is 0 Å². The fourth-order valence-electron chi connectivity index (χ4n) is 2.29. The number of aromatic nitrogens is 2. The molecule has 3 aromatic rings. The van der Waals surface area contributed by atoms with Crippen LogP contribution in [-0.2, 0) is 0 Å². The number of anilines is 1. The fraction of sp³-hybridized carbons (Fsp3) is 0.133. The second-order valence-corrected chi connectivity index (χ2v) is 6.41. The predicted octanol–water partition coefficient (Wildman–Crippen LogP) is 2.86. The van der Waals surface area contributed by atoms with Gasteiger partial charge in [-0.1, -0.05) is 11.6 Å². The summed E-state index contributed by atoms with van der Waals surface area (Å²) in [5, 5.41) is 12.3.